The van der Waals surface area contributed by atoms with Crippen LogP contribution in [-0.4, -0.2) is 39.9 Å². The lowest BCUT2D eigenvalue weighted by molar-refractivity contribution is -0.384. The Morgan fingerprint density at radius 1 is 1.26 bits per heavy atom. The number of non-ortho nitro benzene ring substituents is 1. The predicted molar refractivity (Wildman–Crippen MR) is 80.5 cm³/mol. The maximum Gasteiger partial charge on any atom is 0.269 e. The van der Waals surface area contributed by atoms with Gasteiger partial charge in [0.1, 0.15) is 17.4 Å². The fourth-order valence-electron chi connectivity index (χ4n) is 2.28. The van der Waals surface area contributed by atoms with Crippen LogP contribution in [0.4, 0.5) is 5.69 Å². The molecule has 0 unspecified atom stereocenters. The van der Waals surface area contributed by atoms with E-state index in [1.807, 2.05) is 0 Å². The van der Waals surface area contributed by atoms with E-state index < -0.39 is 10.5 Å². The second-order valence-corrected chi connectivity index (χ2v) is 5.11. The Morgan fingerprint density at radius 3 is 2.57 bits per heavy atom. The van der Waals surface area contributed by atoms with Gasteiger partial charge in [-0.3, -0.25) is 19.7 Å². The van der Waals surface area contributed by atoms with Crippen molar-refractivity contribution in [2.75, 3.05) is 13.1 Å². The average Bonchev–Trinajstić information content (AvgIpc) is 2.51. The van der Waals surface area contributed by atoms with Gasteiger partial charge in [-0.05, 0) is 24.3 Å². The van der Waals surface area contributed by atoms with Crippen molar-refractivity contribution in [3.63, 3.8) is 0 Å². The normalized spacial score (nSPS) is 14.2. The van der Waals surface area contributed by atoms with Crippen LogP contribution in [0.25, 0.3) is 0 Å². The molecule has 1 aromatic carbocycles. The molecule has 1 aromatic heterocycles. The lowest BCUT2D eigenvalue weighted by Crippen LogP contribution is -2.56. The van der Waals surface area contributed by atoms with E-state index in [1.54, 1.807) is 6.07 Å². The minimum Gasteiger partial charge on any atom is -0.487 e. The smallest absolute Gasteiger partial charge is 0.269 e. The second kappa shape index (κ2) is 5.91. The van der Waals surface area contributed by atoms with E-state index in [-0.39, 0.29) is 23.3 Å². The number of hydrogen-bond donors (Lipinski definition) is 1. The van der Waals surface area contributed by atoms with E-state index in [1.165, 1.54) is 41.4 Å². The molecule has 1 amide bonds. The number of nitrogens with zero attached hydrogens (tertiary/aromatic N) is 2. The number of nitro benzene ring substituents is 1. The Balaban J connectivity index is 1.57. The van der Waals surface area contributed by atoms with E-state index in [2.05, 4.69) is 4.98 Å². The molecule has 0 bridgehead atoms. The third-order valence-electron chi connectivity index (χ3n) is 3.53. The highest BCUT2D eigenvalue weighted by Gasteiger charge is 2.33. The number of pyridine rings is 1. The van der Waals surface area contributed by atoms with E-state index in [0.29, 0.717) is 18.8 Å². The molecule has 1 N–H and O–H groups in total. The summed E-state index contributed by atoms with van der Waals surface area (Å²) < 4.78 is 5.63. The van der Waals surface area contributed by atoms with Crippen molar-refractivity contribution >= 4 is 11.6 Å². The van der Waals surface area contributed by atoms with Gasteiger partial charge in [-0.25, -0.2) is 0 Å². The first-order valence-electron chi connectivity index (χ1n) is 6.92. The molecule has 0 saturated carbocycles. The predicted octanol–water partition coefficient (Wildman–Crippen LogP) is 1.19. The van der Waals surface area contributed by atoms with Gasteiger partial charge < -0.3 is 14.6 Å². The molecule has 3 rings (SSSR count). The van der Waals surface area contributed by atoms with Crippen LogP contribution in [0.5, 0.6) is 5.75 Å². The largest absolute Gasteiger partial charge is 0.487 e. The molecule has 8 heteroatoms. The Bertz CT molecular complexity index is 793. The van der Waals surface area contributed by atoms with E-state index >= 15 is 0 Å². The van der Waals surface area contributed by atoms with Gasteiger partial charge in [-0.2, -0.15) is 0 Å². The Labute approximate surface area is 130 Å². The number of ether oxygens (including phenoxy) is 1. The second-order valence-electron chi connectivity index (χ2n) is 5.11. The van der Waals surface area contributed by atoms with Crippen LogP contribution >= 0.6 is 0 Å². The molecule has 1 aliphatic rings. The van der Waals surface area contributed by atoms with Gasteiger partial charge in [-0.15, -0.1) is 0 Å². The highest BCUT2D eigenvalue weighted by atomic mass is 16.6. The molecule has 23 heavy (non-hydrogen) atoms. The number of nitrogens with one attached hydrogen (secondary N) is 1. The van der Waals surface area contributed by atoms with Crippen LogP contribution < -0.4 is 10.3 Å². The van der Waals surface area contributed by atoms with Crippen molar-refractivity contribution in [1.29, 1.82) is 0 Å². The number of nitro groups is 1. The summed E-state index contributed by atoms with van der Waals surface area (Å²) in [4.78, 5) is 37.8. The average molecular weight is 315 g/mol. The van der Waals surface area contributed by atoms with Crippen LogP contribution in [-0.2, 0) is 0 Å². The fourth-order valence-corrected chi connectivity index (χ4v) is 2.28. The standard InChI is InChI=1S/C15H13N3O5/c19-14-13(2-1-7-16-14)15(20)17-8-12(9-17)23-11-5-3-10(4-6-11)18(21)22/h1-7,12H,8-9H2,(H,16,19). The SMILES string of the molecule is O=C(c1ccc[nH]c1=O)N1CC(Oc2ccc([N+](=O)[O-])cc2)C1. The molecule has 0 aliphatic carbocycles. The third-order valence-corrected chi connectivity index (χ3v) is 3.53. The molecular weight excluding hydrogens is 302 g/mol. The Hall–Kier alpha value is -3.16. The molecule has 8 nitrogen and oxygen atoms in total. The summed E-state index contributed by atoms with van der Waals surface area (Å²) in [6.07, 6.45) is 1.28. The molecule has 1 fully saturated rings. The van der Waals surface area contributed by atoms with Crippen molar-refractivity contribution in [3.05, 3.63) is 68.6 Å². The summed E-state index contributed by atoms with van der Waals surface area (Å²) in [5.74, 6) is 0.167. The molecule has 1 saturated heterocycles. The molecule has 118 valence electrons. The van der Waals surface area contributed by atoms with E-state index in [9.17, 15) is 19.7 Å². The van der Waals surface area contributed by atoms with Crippen molar-refractivity contribution in [2.24, 2.45) is 0 Å². The van der Waals surface area contributed by atoms with Gasteiger partial charge in [0.05, 0.1) is 18.0 Å². The molecule has 0 radical (unpaired) electrons. The summed E-state index contributed by atoms with van der Waals surface area (Å²) in [6.45, 7) is 0.730. The molecule has 2 heterocycles. The van der Waals surface area contributed by atoms with Crippen LogP contribution in [0, 0.1) is 10.1 Å². The molecule has 1 aliphatic heterocycles. The number of aromatic amines is 1. The van der Waals surface area contributed by atoms with Gasteiger partial charge in [-0.1, -0.05) is 0 Å². The number of benzene rings is 1. The Morgan fingerprint density at radius 2 is 1.96 bits per heavy atom. The maximum atomic E-state index is 12.1. The molecule has 0 atom stereocenters. The van der Waals surface area contributed by atoms with Gasteiger partial charge >= 0.3 is 0 Å². The number of rotatable bonds is 4. The zero-order valence-corrected chi connectivity index (χ0v) is 12.0. The first-order valence-corrected chi connectivity index (χ1v) is 6.92. The number of hydrogen-bond acceptors (Lipinski definition) is 5. The third kappa shape index (κ3) is 3.05. The minimum absolute atomic E-state index is 0.00827. The quantitative estimate of drug-likeness (QED) is 0.674. The number of likely N-dealkylation sites (tertiary alicyclic amines) is 1. The lowest BCUT2D eigenvalue weighted by Gasteiger charge is -2.38. The highest BCUT2D eigenvalue weighted by Crippen LogP contribution is 2.22. The van der Waals surface area contributed by atoms with E-state index in [0.717, 1.165) is 0 Å². The molecule has 2 aromatic rings. The highest BCUT2D eigenvalue weighted by molar-refractivity contribution is 5.94. The van der Waals surface area contributed by atoms with Gasteiger partial charge in [0.25, 0.3) is 17.2 Å². The molecular formula is C15H13N3O5. The number of amides is 1. The Kier molecular flexibility index (Phi) is 3.80. The minimum atomic E-state index is -0.481. The van der Waals surface area contributed by atoms with Crippen LogP contribution in [0.2, 0.25) is 0 Å². The summed E-state index contributed by atoms with van der Waals surface area (Å²) in [6, 6.07) is 8.83. The van der Waals surface area contributed by atoms with Crippen LogP contribution in [0.3, 0.4) is 0 Å². The van der Waals surface area contributed by atoms with Crippen molar-refractivity contribution in [1.82, 2.24) is 9.88 Å². The summed E-state index contributed by atoms with van der Waals surface area (Å²) in [5, 5.41) is 10.6. The monoisotopic (exact) mass is 315 g/mol. The van der Waals surface area contributed by atoms with Crippen molar-refractivity contribution in [3.8, 4) is 5.75 Å². The van der Waals surface area contributed by atoms with E-state index in [4.69, 9.17) is 4.74 Å². The van der Waals surface area contributed by atoms with Gasteiger partial charge in [0.2, 0.25) is 0 Å². The summed E-state index contributed by atoms with van der Waals surface area (Å²) in [5.41, 5.74) is -0.329. The maximum absolute atomic E-state index is 12.1. The van der Waals surface area contributed by atoms with Gasteiger partial charge in [0.15, 0.2) is 0 Å². The first kappa shape index (κ1) is 14.8. The summed E-state index contributed by atoms with van der Waals surface area (Å²) in [7, 11) is 0. The summed E-state index contributed by atoms with van der Waals surface area (Å²) >= 11 is 0. The number of aromatic nitrogens is 1. The first-order chi connectivity index (χ1) is 11.0. The molecule has 0 spiro atoms. The zero-order chi connectivity index (χ0) is 16.4. The van der Waals surface area contributed by atoms with Gasteiger partial charge in [0, 0.05) is 18.3 Å². The van der Waals surface area contributed by atoms with Crippen LogP contribution in [0.1, 0.15) is 10.4 Å². The number of carbonyl (C=O) groups is 1. The van der Waals surface area contributed by atoms with Crippen LogP contribution in [0.15, 0.2) is 47.4 Å². The fraction of sp³-hybridized carbons (Fsp3) is 0.200. The number of H-pyrrole nitrogens is 1. The zero-order valence-electron chi connectivity index (χ0n) is 12.0. The lowest BCUT2D eigenvalue weighted by atomic mass is 10.1. The topological polar surface area (TPSA) is 106 Å². The van der Waals surface area contributed by atoms with Crippen molar-refractivity contribution < 1.29 is 14.5 Å². The van der Waals surface area contributed by atoms with Crippen molar-refractivity contribution in [2.45, 2.75) is 6.10 Å². The number of carbonyl (C=O) groups excluding carboxylic acids is 1.